The number of hydrogen-bond donors (Lipinski definition) is 2. The average molecular weight is 505 g/mol. The zero-order valence-electron chi connectivity index (χ0n) is 23.3. The van der Waals surface area contributed by atoms with Gasteiger partial charge in [-0.25, -0.2) is 0 Å². The summed E-state index contributed by atoms with van der Waals surface area (Å²) in [6.07, 6.45) is 24.1. The van der Waals surface area contributed by atoms with Crippen LogP contribution in [0.2, 0.25) is 0 Å². The van der Waals surface area contributed by atoms with Gasteiger partial charge in [-0.1, -0.05) is 45.9 Å². The summed E-state index contributed by atoms with van der Waals surface area (Å²) in [6, 6.07) is 7.58. The molecular formula is C34H40N4. The molecule has 0 amide bonds. The zero-order valence-corrected chi connectivity index (χ0v) is 23.3. The first-order valence-electron chi connectivity index (χ1n) is 14.5. The lowest BCUT2D eigenvalue weighted by Gasteiger charge is -2.53. The van der Waals surface area contributed by atoms with Crippen molar-refractivity contribution in [2.24, 2.45) is 5.41 Å². The molecule has 1 aromatic carbocycles. The first kappa shape index (κ1) is 23.7. The van der Waals surface area contributed by atoms with Crippen molar-refractivity contribution < 1.29 is 0 Å². The van der Waals surface area contributed by atoms with Gasteiger partial charge in [-0.2, -0.15) is 0 Å². The van der Waals surface area contributed by atoms with Gasteiger partial charge < -0.3 is 20.4 Å². The summed E-state index contributed by atoms with van der Waals surface area (Å²) in [4.78, 5) is 5.16. The summed E-state index contributed by atoms with van der Waals surface area (Å²) in [5.41, 5.74) is 13.0. The third kappa shape index (κ3) is 3.35. The normalized spacial score (nSPS) is 26.0. The number of anilines is 2. The quantitative estimate of drug-likeness (QED) is 0.460. The number of benzene rings is 1. The lowest BCUT2D eigenvalue weighted by atomic mass is 9.61. The highest BCUT2D eigenvalue weighted by Gasteiger charge is 2.48. The zero-order chi connectivity index (χ0) is 26.1. The highest BCUT2D eigenvalue weighted by Crippen LogP contribution is 2.60. The van der Waals surface area contributed by atoms with Gasteiger partial charge in [0.05, 0.1) is 17.4 Å². The van der Waals surface area contributed by atoms with Gasteiger partial charge in [0.2, 0.25) is 0 Å². The second-order valence-corrected chi connectivity index (χ2v) is 12.5. The number of nitrogens with one attached hydrogen (secondary N) is 2. The molecule has 2 N–H and O–H groups in total. The fraction of sp³-hybridized carbons (Fsp3) is 0.412. The Balaban J connectivity index is 1.43. The maximum atomic E-state index is 3.44. The molecule has 7 rings (SSSR count). The largest absolute Gasteiger partial charge is 0.391 e. The third-order valence-corrected chi connectivity index (χ3v) is 9.65. The first-order valence-corrected chi connectivity index (χ1v) is 14.5. The van der Waals surface area contributed by atoms with Crippen molar-refractivity contribution in [1.29, 1.82) is 0 Å². The molecule has 38 heavy (non-hydrogen) atoms. The van der Waals surface area contributed by atoms with E-state index in [1.807, 2.05) is 0 Å². The standard InChI is InChI=1S/C34H40N4/c1-33(2)26-10-5-6-13-30(26)38-31-15-14-24(21-29(31)34(3,4)28-12-7-11-27(33)32(28)38)37(23-16-19-35-20-17-23)25-9-8-18-36-22-25/h6,8-9,12-16,19,21-23,35-36H,5,7,10-11,17-18,20H2,1-4H3. The molecule has 0 fully saturated rings. The van der Waals surface area contributed by atoms with Crippen LogP contribution in [0.15, 0.2) is 101 Å². The molecule has 1 unspecified atom stereocenters. The van der Waals surface area contributed by atoms with Crippen LogP contribution in [-0.4, -0.2) is 19.1 Å². The van der Waals surface area contributed by atoms with Gasteiger partial charge in [0.1, 0.15) is 0 Å². The Morgan fingerprint density at radius 2 is 1.82 bits per heavy atom. The Morgan fingerprint density at radius 1 is 0.947 bits per heavy atom. The van der Waals surface area contributed by atoms with Crippen LogP contribution >= 0.6 is 0 Å². The van der Waals surface area contributed by atoms with Crippen molar-refractivity contribution in [3.63, 3.8) is 0 Å². The molecular weight excluding hydrogens is 464 g/mol. The summed E-state index contributed by atoms with van der Waals surface area (Å²) in [5, 5.41) is 6.82. The molecule has 4 heteroatoms. The summed E-state index contributed by atoms with van der Waals surface area (Å²) in [5.74, 6) is 0. The molecule has 1 atom stereocenters. The van der Waals surface area contributed by atoms with Crippen LogP contribution in [-0.2, 0) is 5.41 Å². The summed E-state index contributed by atoms with van der Waals surface area (Å²) >= 11 is 0. The first-order chi connectivity index (χ1) is 18.4. The highest BCUT2D eigenvalue weighted by atomic mass is 15.2. The van der Waals surface area contributed by atoms with E-state index < -0.39 is 0 Å². The minimum atomic E-state index is -0.0694. The van der Waals surface area contributed by atoms with Crippen LogP contribution in [0, 0.1) is 5.41 Å². The molecule has 6 aliphatic rings. The lowest BCUT2D eigenvalue weighted by molar-refractivity contribution is 0.454. The second-order valence-electron chi connectivity index (χ2n) is 12.5. The van der Waals surface area contributed by atoms with E-state index in [2.05, 4.69) is 115 Å². The molecule has 0 spiro atoms. The van der Waals surface area contributed by atoms with E-state index in [4.69, 9.17) is 0 Å². The van der Waals surface area contributed by atoms with E-state index >= 15 is 0 Å². The number of hydrogen-bond acceptors (Lipinski definition) is 4. The molecule has 0 bridgehead atoms. The molecule has 0 aromatic heterocycles. The van der Waals surface area contributed by atoms with Crippen molar-refractivity contribution in [2.75, 3.05) is 22.9 Å². The van der Waals surface area contributed by atoms with Gasteiger partial charge in [0.25, 0.3) is 0 Å². The Morgan fingerprint density at radius 3 is 2.61 bits per heavy atom. The van der Waals surface area contributed by atoms with E-state index in [0.29, 0.717) is 6.04 Å². The monoisotopic (exact) mass is 504 g/mol. The summed E-state index contributed by atoms with van der Waals surface area (Å²) in [7, 11) is 0. The SMILES string of the molecule is CC1(C)C2=C(C=CCC2)N2C3=C1CCC=C3C(C)(C)c1cc(N(C3=CNCC=C3)C3C=CNCC3)ccc12. The molecule has 1 aromatic rings. The fourth-order valence-electron chi connectivity index (χ4n) is 7.66. The number of dihydropyridines is 1. The number of nitrogens with zero attached hydrogens (tertiary/aromatic N) is 2. The van der Waals surface area contributed by atoms with Gasteiger partial charge in [-0.15, -0.1) is 0 Å². The highest BCUT2D eigenvalue weighted by molar-refractivity contribution is 5.82. The van der Waals surface area contributed by atoms with Crippen LogP contribution < -0.4 is 20.4 Å². The van der Waals surface area contributed by atoms with Crippen molar-refractivity contribution in [2.45, 2.75) is 71.3 Å². The van der Waals surface area contributed by atoms with E-state index in [1.54, 1.807) is 11.1 Å². The topological polar surface area (TPSA) is 30.5 Å². The second kappa shape index (κ2) is 8.56. The van der Waals surface area contributed by atoms with Crippen LogP contribution in [0.1, 0.15) is 65.4 Å². The Bertz CT molecular complexity index is 1410. The van der Waals surface area contributed by atoms with Gasteiger partial charge >= 0.3 is 0 Å². The Hall–Kier alpha value is -3.40. The van der Waals surface area contributed by atoms with Crippen molar-refractivity contribution in [3.05, 3.63) is 106 Å². The van der Waals surface area contributed by atoms with E-state index in [9.17, 15) is 0 Å². The van der Waals surface area contributed by atoms with Gasteiger partial charge in [0, 0.05) is 47.2 Å². The molecule has 4 heterocycles. The smallest absolute Gasteiger partial charge is 0.0573 e. The van der Waals surface area contributed by atoms with E-state index in [-0.39, 0.29) is 10.8 Å². The van der Waals surface area contributed by atoms with Gasteiger partial charge in [-0.3, -0.25) is 0 Å². The third-order valence-electron chi connectivity index (χ3n) is 9.65. The molecule has 0 radical (unpaired) electrons. The molecule has 0 saturated carbocycles. The number of fused-ring (bicyclic) bond motifs is 3. The van der Waals surface area contributed by atoms with Gasteiger partial charge in [0.15, 0.2) is 0 Å². The Kier molecular flexibility index (Phi) is 5.34. The summed E-state index contributed by atoms with van der Waals surface area (Å²) in [6.45, 7) is 11.7. The van der Waals surface area contributed by atoms with E-state index in [0.717, 1.165) is 45.2 Å². The maximum Gasteiger partial charge on any atom is 0.0573 e. The number of rotatable bonds is 3. The molecule has 0 saturated heterocycles. The maximum absolute atomic E-state index is 3.44. The minimum Gasteiger partial charge on any atom is -0.391 e. The van der Waals surface area contributed by atoms with Crippen molar-refractivity contribution in [3.8, 4) is 0 Å². The van der Waals surface area contributed by atoms with Crippen LogP contribution in [0.4, 0.5) is 11.4 Å². The average Bonchev–Trinajstić information content (AvgIpc) is 2.94. The predicted octanol–water partition coefficient (Wildman–Crippen LogP) is 7.09. The minimum absolute atomic E-state index is 0.0694. The molecule has 196 valence electrons. The van der Waals surface area contributed by atoms with Crippen LogP contribution in [0.5, 0.6) is 0 Å². The number of allylic oxidation sites excluding steroid dienone is 7. The predicted molar refractivity (Wildman–Crippen MR) is 159 cm³/mol. The van der Waals surface area contributed by atoms with Crippen molar-refractivity contribution in [1.82, 2.24) is 10.6 Å². The van der Waals surface area contributed by atoms with Crippen molar-refractivity contribution >= 4 is 11.4 Å². The van der Waals surface area contributed by atoms with Crippen LogP contribution in [0.3, 0.4) is 0 Å². The van der Waals surface area contributed by atoms with Gasteiger partial charge in [-0.05, 0) is 97.0 Å². The van der Waals surface area contributed by atoms with E-state index in [1.165, 1.54) is 39.6 Å². The fourth-order valence-corrected chi connectivity index (χ4v) is 7.66. The summed E-state index contributed by atoms with van der Waals surface area (Å²) < 4.78 is 0. The molecule has 4 aliphatic heterocycles. The van der Waals surface area contributed by atoms with Crippen LogP contribution in [0.25, 0.3) is 0 Å². The molecule has 4 nitrogen and oxygen atoms in total. The Labute approximate surface area is 227 Å². The molecule has 2 aliphatic carbocycles. The lowest BCUT2D eigenvalue weighted by Crippen LogP contribution is -2.45.